The fourth-order valence-corrected chi connectivity index (χ4v) is 3.57. The lowest BCUT2D eigenvalue weighted by Crippen LogP contribution is -2.28. The summed E-state index contributed by atoms with van der Waals surface area (Å²) in [4.78, 5) is 23.2. The van der Waals surface area contributed by atoms with E-state index in [0.717, 1.165) is 43.1 Å². The van der Waals surface area contributed by atoms with Crippen molar-refractivity contribution in [1.29, 1.82) is 0 Å². The van der Waals surface area contributed by atoms with E-state index in [1.54, 1.807) is 6.33 Å². The lowest BCUT2D eigenvalue weighted by molar-refractivity contribution is -0.117. The minimum absolute atomic E-state index is 0.0732. The average molecular weight is 337 g/mol. The molecule has 0 radical (unpaired) electrons. The van der Waals surface area contributed by atoms with Crippen LogP contribution in [0, 0.1) is 6.92 Å². The molecule has 1 unspecified atom stereocenters. The maximum absolute atomic E-state index is 12.4. The average Bonchev–Trinajstić information content (AvgIpc) is 2.82. The Labute approximate surface area is 147 Å². The summed E-state index contributed by atoms with van der Waals surface area (Å²) in [5.41, 5.74) is 4.46. The third kappa shape index (κ3) is 3.35. The number of aryl methyl sites for hydroxylation is 1. The van der Waals surface area contributed by atoms with E-state index in [1.807, 2.05) is 29.2 Å². The standard InChI is InChI=1S/C19H23N5O/c1-13-2-4-15(5-3-13)24-11-14(10-18(24)25)23-19-16-6-8-20-9-7-17(16)21-12-22-19/h2-5,12,14,20H,6-11H2,1H3,(H,21,22,23). The first-order valence-corrected chi connectivity index (χ1v) is 8.88. The molecule has 0 aliphatic carbocycles. The Morgan fingerprint density at radius 2 is 1.96 bits per heavy atom. The zero-order chi connectivity index (χ0) is 17.2. The third-order valence-corrected chi connectivity index (χ3v) is 4.94. The van der Waals surface area contributed by atoms with Crippen molar-refractivity contribution >= 4 is 17.4 Å². The Bertz CT molecular complexity index is 774. The van der Waals surface area contributed by atoms with Crippen LogP contribution in [0.5, 0.6) is 0 Å². The molecule has 2 N–H and O–H groups in total. The van der Waals surface area contributed by atoms with Crippen LogP contribution in [-0.2, 0) is 17.6 Å². The second-order valence-corrected chi connectivity index (χ2v) is 6.78. The minimum atomic E-state index is 0.0732. The number of nitrogens with zero attached hydrogens (tertiary/aromatic N) is 3. The van der Waals surface area contributed by atoms with E-state index >= 15 is 0 Å². The molecule has 6 heteroatoms. The molecule has 0 spiro atoms. The fourth-order valence-electron chi connectivity index (χ4n) is 3.57. The van der Waals surface area contributed by atoms with Crippen molar-refractivity contribution in [3.63, 3.8) is 0 Å². The van der Waals surface area contributed by atoms with Gasteiger partial charge in [0.1, 0.15) is 12.1 Å². The Morgan fingerprint density at radius 1 is 1.16 bits per heavy atom. The molecule has 1 atom stereocenters. The molecule has 1 saturated heterocycles. The highest BCUT2D eigenvalue weighted by atomic mass is 16.2. The van der Waals surface area contributed by atoms with E-state index in [2.05, 4.69) is 27.5 Å². The van der Waals surface area contributed by atoms with Crippen LogP contribution in [0.15, 0.2) is 30.6 Å². The summed E-state index contributed by atoms with van der Waals surface area (Å²) < 4.78 is 0. The van der Waals surface area contributed by atoms with Gasteiger partial charge in [-0.3, -0.25) is 4.79 Å². The fraction of sp³-hybridized carbons (Fsp3) is 0.421. The van der Waals surface area contributed by atoms with Crippen molar-refractivity contribution in [2.45, 2.75) is 32.2 Å². The molecule has 4 rings (SSSR count). The van der Waals surface area contributed by atoms with Crippen molar-refractivity contribution in [2.75, 3.05) is 29.9 Å². The second-order valence-electron chi connectivity index (χ2n) is 6.78. The van der Waals surface area contributed by atoms with Gasteiger partial charge in [0.2, 0.25) is 5.91 Å². The Morgan fingerprint density at radius 3 is 2.80 bits per heavy atom. The summed E-state index contributed by atoms with van der Waals surface area (Å²) in [5.74, 6) is 1.04. The maximum atomic E-state index is 12.4. The van der Waals surface area contributed by atoms with Crippen LogP contribution in [0.4, 0.5) is 11.5 Å². The summed E-state index contributed by atoms with van der Waals surface area (Å²) >= 11 is 0. The van der Waals surface area contributed by atoms with E-state index in [0.29, 0.717) is 13.0 Å². The number of carbonyl (C=O) groups excluding carboxylic acids is 1. The third-order valence-electron chi connectivity index (χ3n) is 4.94. The van der Waals surface area contributed by atoms with Gasteiger partial charge < -0.3 is 15.5 Å². The van der Waals surface area contributed by atoms with Crippen LogP contribution in [0.2, 0.25) is 0 Å². The second kappa shape index (κ2) is 6.80. The molecule has 3 heterocycles. The lowest BCUT2D eigenvalue weighted by atomic mass is 10.1. The summed E-state index contributed by atoms with van der Waals surface area (Å²) in [7, 11) is 0. The van der Waals surface area contributed by atoms with Crippen molar-refractivity contribution in [3.05, 3.63) is 47.4 Å². The number of carbonyl (C=O) groups is 1. The van der Waals surface area contributed by atoms with Crippen molar-refractivity contribution in [2.24, 2.45) is 0 Å². The lowest BCUT2D eigenvalue weighted by Gasteiger charge is -2.19. The van der Waals surface area contributed by atoms with Crippen LogP contribution in [0.1, 0.15) is 23.2 Å². The number of aromatic nitrogens is 2. The highest BCUT2D eigenvalue weighted by molar-refractivity contribution is 5.96. The van der Waals surface area contributed by atoms with Crippen LogP contribution >= 0.6 is 0 Å². The predicted molar refractivity (Wildman–Crippen MR) is 97.9 cm³/mol. The molecule has 1 fully saturated rings. The van der Waals surface area contributed by atoms with Gasteiger partial charge >= 0.3 is 0 Å². The molecule has 1 aromatic heterocycles. The highest BCUT2D eigenvalue weighted by Crippen LogP contribution is 2.25. The molecular formula is C19H23N5O. The topological polar surface area (TPSA) is 70.2 Å². The Hall–Kier alpha value is -2.47. The molecule has 0 saturated carbocycles. The first kappa shape index (κ1) is 16.0. The molecule has 2 aromatic rings. The number of anilines is 2. The monoisotopic (exact) mass is 337 g/mol. The zero-order valence-electron chi connectivity index (χ0n) is 14.5. The van der Waals surface area contributed by atoms with Gasteiger partial charge in [-0.1, -0.05) is 17.7 Å². The van der Waals surface area contributed by atoms with Crippen LogP contribution < -0.4 is 15.5 Å². The van der Waals surface area contributed by atoms with E-state index < -0.39 is 0 Å². The van der Waals surface area contributed by atoms with Gasteiger partial charge in [-0.2, -0.15) is 0 Å². The molecule has 2 aliphatic rings. The predicted octanol–water partition coefficient (Wildman–Crippen LogP) is 1.69. The molecule has 2 aliphatic heterocycles. The van der Waals surface area contributed by atoms with Crippen LogP contribution in [0.3, 0.4) is 0 Å². The van der Waals surface area contributed by atoms with Crippen LogP contribution in [0.25, 0.3) is 0 Å². The van der Waals surface area contributed by atoms with Gasteiger partial charge in [0, 0.05) is 37.2 Å². The Balaban J connectivity index is 1.51. The number of nitrogens with one attached hydrogen (secondary N) is 2. The number of rotatable bonds is 3. The normalized spacial score (nSPS) is 20.3. The quantitative estimate of drug-likeness (QED) is 0.892. The number of benzene rings is 1. The van der Waals surface area contributed by atoms with Gasteiger partial charge in [0.05, 0.1) is 11.7 Å². The Kier molecular flexibility index (Phi) is 4.36. The number of amides is 1. The molecular weight excluding hydrogens is 314 g/mol. The first-order valence-electron chi connectivity index (χ1n) is 8.88. The number of fused-ring (bicyclic) bond motifs is 1. The smallest absolute Gasteiger partial charge is 0.229 e. The number of hydrogen-bond donors (Lipinski definition) is 2. The molecule has 6 nitrogen and oxygen atoms in total. The van der Waals surface area contributed by atoms with Crippen molar-refractivity contribution in [3.8, 4) is 0 Å². The summed E-state index contributed by atoms with van der Waals surface area (Å²) in [6, 6.07) is 8.18. The van der Waals surface area contributed by atoms with Gasteiger partial charge in [-0.05, 0) is 32.0 Å². The van der Waals surface area contributed by atoms with Gasteiger partial charge in [0.15, 0.2) is 0 Å². The SMILES string of the molecule is Cc1ccc(N2CC(Nc3ncnc4c3CCNCC4)CC2=O)cc1. The van der Waals surface area contributed by atoms with Gasteiger partial charge in [-0.15, -0.1) is 0 Å². The van der Waals surface area contributed by atoms with Crippen molar-refractivity contribution < 1.29 is 4.79 Å². The van der Waals surface area contributed by atoms with Crippen molar-refractivity contribution in [1.82, 2.24) is 15.3 Å². The summed E-state index contributed by atoms with van der Waals surface area (Å²) in [5, 5.41) is 6.89. The van der Waals surface area contributed by atoms with Gasteiger partial charge in [0.25, 0.3) is 0 Å². The largest absolute Gasteiger partial charge is 0.365 e. The summed E-state index contributed by atoms with van der Waals surface area (Å²) in [6.07, 6.45) is 3.96. The zero-order valence-corrected chi connectivity index (χ0v) is 14.5. The van der Waals surface area contributed by atoms with E-state index in [9.17, 15) is 4.79 Å². The minimum Gasteiger partial charge on any atom is -0.365 e. The summed E-state index contributed by atoms with van der Waals surface area (Å²) in [6.45, 7) is 4.61. The van der Waals surface area contributed by atoms with Gasteiger partial charge in [-0.25, -0.2) is 9.97 Å². The molecule has 130 valence electrons. The van der Waals surface area contributed by atoms with E-state index in [1.165, 1.54) is 11.1 Å². The molecule has 0 bridgehead atoms. The highest BCUT2D eigenvalue weighted by Gasteiger charge is 2.31. The van der Waals surface area contributed by atoms with Crippen LogP contribution in [-0.4, -0.2) is 41.6 Å². The molecule has 25 heavy (non-hydrogen) atoms. The molecule has 1 amide bonds. The number of hydrogen-bond acceptors (Lipinski definition) is 5. The van der Waals surface area contributed by atoms with E-state index in [4.69, 9.17) is 0 Å². The first-order chi connectivity index (χ1) is 12.2. The maximum Gasteiger partial charge on any atom is 0.229 e. The molecule has 1 aromatic carbocycles. The van der Waals surface area contributed by atoms with E-state index in [-0.39, 0.29) is 11.9 Å².